The van der Waals surface area contributed by atoms with Gasteiger partial charge in [-0.3, -0.25) is 23.9 Å². The SMILES string of the molecule is CN1C(=O)C(CC(=O)Nc2ccccc2)SC1=Nc1cc(-n2c(=O)cc(C(F)(F)F)n(C)c2=O)c(F)cc1Cl. The Balaban J connectivity index is 1.66. The van der Waals surface area contributed by atoms with E-state index in [0.29, 0.717) is 5.69 Å². The van der Waals surface area contributed by atoms with E-state index in [2.05, 4.69) is 10.3 Å². The average molecular weight is 584 g/mol. The summed E-state index contributed by atoms with van der Waals surface area (Å²) in [5, 5.41) is 1.68. The van der Waals surface area contributed by atoms with E-state index >= 15 is 0 Å². The molecular formula is C24H18ClF4N5O4S. The molecule has 0 saturated carbocycles. The zero-order valence-corrected chi connectivity index (χ0v) is 21.7. The van der Waals surface area contributed by atoms with Crippen molar-refractivity contribution in [3.8, 4) is 5.69 Å². The van der Waals surface area contributed by atoms with E-state index in [4.69, 9.17) is 11.6 Å². The number of para-hydroxylation sites is 1. The third kappa shape index (κ3) is 5.76. The molecule has 1 unspecified atom stereocenters. The van der Waals surface area contributed by atoms with Gasteiger partial charge in [-0.15, -0.1) is 0 Å². The van der Waals surface area contributed by atoms with Gasteiger partial charge < -0.3 is 5.32 Å². The number of carbonyl (C=O) groups excluding carboxylic acids is 2. The Hall–Kier alpha value is -3.91. The predicted octanol–water partition coefficient (Wildman–Crippen LogP) is 3.94. The summed E-state index contributed by atoms with van der Waals surface area (Å²) in [6.07, 6.45) is -5.17. The quantitative estimate of drug-likeness (QED) is 0.458. The third-order valence-electron chi connectivity index (χ3n) is 5.65. The van der Waals surface area contributed by atoms with Crippen LogP contribution in [0.2, 0.25) is 5.02 Å². The van der Waals surface area contributed by atoms with Crippen LogP contribution in [0, 0.1) is 5.82 Å². The van der Waals surface area contributed by atoms with Crippen LogP contribution in [0.5, 0.6) is 0 Å². The number of hydrogen-bond acceptors (Lipinski definition) is 6. The molecule has 1 aliphatic heterocycles. The fraction of sp³-hybridized carbons (Fsp3) is 0.208. The van der Waals surface area contributed by atoms with Crippen molar-refractivity contribution in [1.82, 2.24) is 14.0 Å². The second kappa shape index (κ2) is 10.7. The highest BCUT2D eigenvalue weighted by Gasteiger charge is 2.38. The van der Waals surface area contributed by atoms with Gasteiger partial charge in [0.05, 0.1) is 16.4 Å². The Labute approximate surface area is 226 Å². The minimum Gasteiger partial charge on any atom is -0.326 e. The molecule has 1 aromatic heterocycles. The van der Waals surface area contributed by atoms with E-state index in [1.807, 2.05) is 0 Å². The van der Waals surface area contributed by atoms with Crippen LogP contribution in [-0.2, 0) is 22.8 Å². The van der Waals surface area contributed by atoms with Crippen LogP contribution in [0.25, 0.3) is 5.69 Å². The maximum absolute atomic E-state index is 14.8. The smallest absolute Gasteiger partial charge is 0.326 e. The summed E-state index contributed by atoms with van der Waals surface area (Å²) in [5.74, 6) is -2.02. The van der Waals surface area contributed by atoms with E-state index in [1.165, 1.54) is 7.05 Å². The molecule has 2 aromatic carbocycles. The van der Waals surface area contributed by atoms with Gasteiger partial charge in [-0.25, -0.2) is 18.7 Å². The summed E-state index contributed by atoms with van der Waals surface area (Å²) in [7, 11) is 2.19. The Morgan fingerprint density at radius 1 is 1.10 bits per heavy atom. The van der Waals surface area contributed by atoms with Crippen LogP contribution < -0.4 is 16.6 Å². The van der Waals surface area contributed by atoms with Crippen molar-refractivity contribution in [3.05, 3.63) is 85.9 Å². The highest BCUT2D eigenvalue weighted by molar-refractivity contribution is 8.15. The van der Waals surface area contributed by atoms with Gasteiger partial charge >= 0.3 is 11.9 Å². The lowest BCUT2D eigenvalue weighted by Gasteiger charge is -2.15. The summed E-state index contributed by atoms with van der Waals surface area (Å²) >= 11 is 7.06. The summed E-state index contributed by atoms with van der Waals surface area (Å²) in [6.45, 7) is 0. The first-order valence-electron chi connectivity index (χ1n) is 11.1. The molecular weight excluding hydrogens is 566 g/mol. The molecule has 0 aliphatic carbocycles. The number of rotatable bonds is 5. The van der Waals surface area contributed by atoms with Gasteiger partial charge in [-0.2, -0.15) is 13.2 Å². The Kier molecular flexibility index (Phi) is 7.70. The van der Waals surface area contributed by atoms with Crippen LogP contribution in [0.4, 0.5) is 28.9 Å². The van der Waals surface area contributed by atoms with E-state index in [1.54, 1.807) is 30.3 Å². The fourth-order valence-corrected chi connectivity index (χ4v) is 5.05. The lowest BCUT2D eigenvalue weighted by Crippen LogP contribution is -2.41. The normalized spacial score (nSPS) is 16.7. The van der Waals surface area contributed by atoms with Crippen molar-refractivity contribution < 1.29 is 27.2 Å². The molecule has 1 saturated heterocycles. The largest absolute Gasteiger partial charge is 0.431 e. The topological polar surface area (TPSA) is 106 Å². The highest BCUT2D eigenvalue weighted by atomic mass is 35.5. The van der Waals surface area contributed by atoms with Crippen molar-refractivity contribution in [2.75, 3.05) is 12.4 Å². The average Bonchev–Trinajstić information content (AvgIpc) is 3.11. The lowest BCUT2D eigenvalue weighted by molar-refractivity contribution is -0.144. The molecule has 1 aliphatic rings. The minimum absolute atomic E-state index is 0.0876. The number of benzene rings is 2. The van der Waals surface area contributed by atoms with E-state index in [0.717, 1.165) is 35.8 Å². The monoisotopic (exact) mass is 583 g/mol. The second-order valence-electron chi connectivity index (χ2n) is 8.31. The number of anilines is 1. The number of aromatic nitrogens is 2. The van der Waals surface area contributed by atoms with Gasteiger partial charge in [0, 0.05) is 32.3 Å². The number of nitrogens with zero attached hydrogens (tertiary/aromatic N) is 4. The Morgan fingerprint density at radius 2 is 1.77 bits per heavy atom. The predicted molar refractivity (Wildman–Crippen MR) is 138 cm³/mol. The number of hydrogen-bond donors (Lipinski definition) is 1. The maximum Gasteiger partial charge on any atom is 0.431 e. The molecule has 2 heterocycles. The third-order valence-corrected chi connectivity index (χ3v) is 7.18. The standard InChI is InChI=1S/C24H18ClF4N5O4S/c1-32-18(24(27,28)29)11-20(36)34(23(32)38)16-9-15(13(25)8-14(16)26)31-22-33(2)21(37)17(39-22)10-19(35)30-12-6-4-3-5-7-12/h3-9,11,17H,10H2,1-2H3,(H,30,35). The molecule has 15 heteroatoms. The number of amidine groups is 1. The zero-order chi connectivity index (χ0) is 28.6. The molecule has 0 bridgehead atoms. The number of carbonyl (C=O) groups is 2. The first-order valence-corrected chi connectivity index (χ1v) is 12.3. The second-order valence-corrected chi connectivity index (χ2v) is 9.89. The molecule has 0 radical (unpaired) electrons. The van der Waals surface area contributed by atoms with Crippen molar-refractivity contribution in [2.45, 2.75) is 17.8 Å². The number of alkyl halides is 3. The van der Waals surface area contributed by atoms with E-state index in [-0.39, 0.29) is 37.5 Å². The Bertz CT molecular complexity index is 1620. The van der Waals surface area contributed by atoms with Crippen molar-refractivity contribution in [3.63, 3.8) is 0 Å². The molecule has 204 valence electrons. The van der Waals surface area contributed by atoms with E-state index < -0.39 is 51.7 Å². The number of halogens is 5. The molecule has 39 heavy (non-hydrogen) atoms. The molecule has 1 N–H and O–H groups in total. The number of thioether (sulfide) groups is 1. The molecule has 9 nitrogen and oxygen atoms in total. The Morgan fingerprint density at radius 3 is 2.41 bits per heavy atom. The maximum atomic E-state index is 14.8. The molecule has 2 amide bonds. The number of aliphatic imine (C=N–C) groups is 1. The molecule has 1 fully saturated rings. The molecule has 1 atom stereocenters. The van der Waals surface area contributed by atoms with Gasteiger partial charge in [0.25, 0.3) is 5.56 Å². The lowest BCUT2D eigenvalue weighted by atomic mass is 10.2. The minimum atomic E-state index is -4.99. The first kappa shape index (κ1) is 28.1. The first-order chi connectivity index (χ1) is 18.3. The number of nitrogens with one attached hydrogen (secondary N) is 1. The van der Waals surface area contributed by atoms with Gasteiger partial charge in [-0.1, -0.05) is 41.6 Å². The van der Waals surface area contributed by atoms with Crippen LogP contribution in [0.1, 0.15) is 12.1 Å². The fourth-order valence-electron chi connectivity index (χ4n) is 3.71. The van der Waals surface area contributed by atoms with Crippen molar-refractivity contribution in [2.24, 2.45) is 12.0 Å². The molecule has 0 spiro atoms. The van der Waals surface area contributed by atoms with Gasteiger partial charge in [-0.05, 0) is 24.3 Å². The van der Waals surface area contributed by atoms with Gasteiger partial charge in [0.2, 0.25) is 11.8 Å². The highest BCUT2D eigenvalue weighted by Crippen LogP contribution is 2.35. The van der Waals surface area contributed by atoms with Crippen LogP contribution in [0.15, 0.2) is 63.1 Å². The molecule has 4 rings (SSSR count). The summed E-state index contributed by atoms with van der Waals surface area (Å²) in [4.78, 5) is 55.6. The summed E-state index contributed by atoms with van der Waals surface area (Å²) in [6, 6.07) is 10.4. The van der Waals surface area contributed by atoms with Crippen molar-refractivity contribution >= 4 is 51.7 Å². The van der Waals surface area contributed by atoms with Crippen molar-refractivity contribution in [1.29, 1.82) is 0 Å². The molecule has 3 aromatic rings. The van der Waals surface area contributed by atoms with E-state index in [9.17, 15) is 36.7 Å². The van der Waals surface area contributed by atoms with Crippen LogP contribution in [-0.4, -0.2) is 43.3 Å². The summed E-state index contributed by atoms with van der Waals surface area (Å²) < 4.78 is 54.7. The summed E-state index contributed by atoms with van der Waals surface area (Å²) in [5.41, 5.74) is -4.67. The van der Waals surface area contributed by atoms with Gasteiger partial charge in [0.15, 0.2) is 5.17 Å². The number of amides is 2. The van der Waals surface area contributed by atoms with Crippen LogP contribution >= 0.6 is 23.4 Å². The zero-order valence-electron chi connectivity index (χ0n) is 20.1. The van der Waals surface area contributed by atoms with Gasteiger partial charge in [0.1, 0.15) is 16.8 Å². The van der Waals surface area contributed by atoms with Crippen LogP contribution in [0.3, 0.4) is 0 Å².